The maximum absolute atomic E-state index is 13.8. The topological polar surface area (TPSA) is 49.4 Å². The largest absolute Gasteiger partial charge is 0.343 e. The third kappa shape index (κ3) is 2.50. The lowest BCUT2D eigenvalue weighted by Crippen LogP contribution is -2.62. The molecule has 2 amide bonds. The Bertz CT molecular complexity index is 581. The predicted molar refractivity (Wildman–Crippen MR) is 71.0 cm³/mol. The van der Waals surface area contributed by atoms with Gasteiger partial charge in [0.05, 0.1) is 6.54 Å². The van der Waals surface area contributed by atoms with Gasteiger partial charge in [0.2, 0.25) is 11.8 Å². The molecule has 3 rings (SSSR count). The minimum Gasteiger partial charge on any atom is -0.343 e. The van der Waals surface area contributed by atoms with Crippen LogP contribution in [-0.2, 0) is 16.1 Å². The number of nitrogens with one attached hydrogen (secondary N) is 1. The zero-order valence-corrected chi connectivity index (χ0v) is 11.6. The van der Waals surface area contributed by atoms with E-state index >= 15 is 0 Å². The molecule has 4 nitrogen and oxygen atoms in total. The van der Waals surface area contributed by atoms with Crippen LogP contribution in [-0.4, -0.2) is 28.8 Å². The van der Waals surface area contributed by atoms with Crippen LogP contribution in [0.2, 0.25) is 0 Å². The smallest absolute Gasteiger partial charge is 0.245 e. The van der Waals surface area contributed by atoms with E-state index in [0.717, 1.165) is 25.0 Å². The Morgan fingerprint density at radius 3 is 2.43 bits per heavy atom. The summed E-state index contributed by atoms with van der Waals surface area (Å²) in [5.74, 6) is -1.83. The fourth-order valence-electron chi connectivity index (χ4n) is 2.80. The van der Waals surface area contributed by atoms with Gasteiger partial charge in [0, 0.05) is 5.56 Å². The number of carbonyl (C=O) groups is 2. The second kappa shape index (κ2) is 5.09. The SMILES string of the molecule is CC1NC(=O)C(C2CC2)N(Cc2c(F)cccc2F)C1=O. The first kappa shape index (κ1) is 14.0. The average molecular weight is 294 g/mol. The van der Waals surface area contributed by atoms with Gasteiger partial charge in [-0.2, -0.15) is 0 Å². The molecule has 0 radical (unpaired) electrons. The maximum Gasteiger partial charge on any atom is 0.245 e. The fraction of sp³-hybridized carbons (Fsp3) is 0.467. The van der Waals surface area contributed by atoms with Crippen LogP contribution < -0.4 is 5.32 Å². The first-order valence-corrected chi connectivity index (χ1v) is 7.03. The van der Waals surface area contributed by atoms with Crippen molar-refractivity contribution in [2.75, 3.05) is 0 Å². The summed E-state index contributed by atoms with van der Waals surface area (Å²) in [5.41, 5.74) is -0.168. The van der Waals surface area contributed by atoms with Gasteiger partial charge in [0.25, 0.3) is 0 Å². The number of carbonyl (C=O) groups excluding carboxylic acids is 2. The summed E-state index contributed by atoms with van der Waals surface area (Å²) < 4.78 is 27.6. The first-order chi connectivity index (χ1) is 9.99. The lowest BCUT2D eigenvalue weighted by atomic mass is 10.0. The van der Waals surface area contributed by atoms with E-state index in [1.807, 2.05) is 0 Å². The van der Waals surface area contributed by atoms with E-state index in [1.54, 1.807) is 6.92 Å². The van der Waals surface area contributed by atoms with Gasteiger partial charge in [-0.3, -0.25) is 9.59 Å². The van der Waals surface area contributed by atoms with E-state index in [4.69, 9.17) is 0 Å². The van der Waals surface area contributed by atoms with Crippen LogP contribution in [0.4, 0.5) is 8.78 Å². The number of hydrogen-bond acceptors (Lipinski definition) is 2. The number of nitrogens with zero attached hydrogens (tertiary/aromatic N) is 1. The minimum atomic E-state index is -0.698. The van der Waals surface area contributed by atoms with Gasteiger partial charge < -0.3 is 10.2 Å². The Kier molecular flexibility index (Phi) is 3.39. The summed E-state index contributed by atoms with van der Waals surface area (Å²) in [6.45, 7) is 1.37. The van der Waals surface area contributed by atoms with Crippen LogP contribution in [0, 0.1) is 17.6 Å². The molecule has 2 unspecified atom stereocenters. The van der Waals surface area contributed by atoms with Crippen LogP contribution in [0.5, 0.6) is 0 Å². The molecule has 112 valence electrons. The van der Waals surface area contributed by atoms with Gasteiger partial charge >= 0.3 is 0 Å². The quantitative estimate of drug-likeness (QED) is 0.920. The molecule has 2 aliphatic rings. The third-order valence-corrected chi connectivity index (χ3v) is 4.08. The van der Waals surface area contributed by atoms with Crippen molar-refractivity contribution < 1.29 is 18.4 Å². The highest BCUT2D eigenvalue weighted by Crippen LogP contribution is 2.37. The third-order valence-electron chi connectivity index (χ3n) is 4.08. The summed E-state index contributed by atoms with van der Waals surface area (Å²) in [4.78, 5) is 25.7. The predicted octanol–water partition coefficient (Wildman–Crippen LogP) is 1.59. The minimum absolute atomic E-state index is 0.0938. The number of piperazine rings is 1. The maximum atomic E-state index is 13.8. The van der Waals surface area contributed by atoms with Crippen LogP contribution in [0.15, 0.2) is 18.2 Å². The molecule has 1 aliphatic heterocycles. The van der Waals surface area contributed by atoms with E-state index in [-0.39, 0.29) is 29.8 Å². The number of halogens is 2. The van der Waals surface area contributed by atoms with Crippen molar-refractivity contribution in [3.05, 3.63) is 35.4 Å². The van der Waals surface area contributed by atoms with Crippen molar-refractivity contribution in [3.8, 4) is 0 Å². The Hall–Kier alpha value is -1.98. The van der Waals surface area contributed by atoms with Crippen LogP contribution in [0.25, 0.3) is 0 Å². The molecular formula is C15H16F2N2O2. The van der Waals surface area contributed by atoms with Gasteiger partial charge in [0.1, 0.15) is 23.7 Å². The van der Waals surface area contributed by atoms with Gasteiger partial charge in [-0.25, -0.2) is 8.78 Å². The van der Waals surface area contributed by atoms with Crippen molar-refractivity contribution >= 4 is 11.8 Å². The molecule has 1 N–H and O–H groups in total. The van der Waals surface area contributed by atoms with Crippen molar-refractivity contribution in [2.24, 2.45) is 5.92 Å². The molecule has 0 spiro atoms. The first-order valence-electron chi connectivity index (χ1n) is 7.03. The molecule has 2 atom stereocenters. The van der Waals surface area contributed by atoms with Gasteiger partial charge in [-0.15, -0.1) is 0 Å². The molecule has 0 aromatic heterocycles. The van der Waals surface area contributed by atoms with Crippen LogP contribution in [0.1, 0.15) is 25.3 Å². The van der Waals surface area contributed by atoms with E-state index in [0.29, 0.717) is 0 Å². The van der Waals surface area contributed by atoms with Gasteiger partial charge in [0.15, 0.2) is 0 Å². The molecular weight excluding hydrogens is 278 g/mol. The summed E-state index contributed by atoms with van der Waals surface area (Å²) in [7, 11) is 0. The molecule has 2 fully saturated rings. The lowest BCUT2D eigenvalue weighted by molar-refractivity contribution is -0.150. The fourth-order valence-corrected chi connectivity index (χ4v) is 2.80. The number of rotatable bonds is 3. The van der Waals surface area contributed by atoms with Gasteiger partial charge in [-0.05, 0) is 37.8 Å². The Balaban J connectivity index is 1.93. The zero-order chi connectivity index (χ0) is 15.1. The molecule has 0 bridgehead atoms. The van der Waals surface area contributed by atoms with Crippen molar-refractivity contribution in [1.82, 2.24) is 10.2 Å². The van der Waals surface area contributed by atoms with E-state index in [9.17, 15) is 18.4 Å². The zero-order valence-electron chi connectivity index (χ0n) is 11.6. The normalized spacial score (nSPS) is 26.0. The number of hydrogen-bond donors (Lipinski definition) is 1. The van der Waals surface area contributed by atoms with E-state index in [2.05, 4.69) is 5.32 Å². The van der Waals surface area contributed by atoms with Crippen LogP contribution in [0.3, 0.4) is 0 Å². The number of amides is 2. The highest BCUT2D eigenvalue weighted by atomic mass is 19.1. The molecule has 1 aliphatic carbocycles. The van der Waals surface area contributed by atoms with Gasteiger partial charge in [-0.1, -0.05) is 6.07 Å². The number of benzene rings is 1. The summed E-state index contributed by atoms with van der Waals surface area (Å²) >= 11 is 0. The average Bonchev–Trinajstić information content (AvgIpc) is 3.24. The molecule has 6 heteroatoms. The second-order valence-corrected chi connectivity index (χ2v) is 5.68. The Labute approximate surface area is 121 Å². The monoisotopic (exact) mass is 294 g/mol. The summed E-state index contributed by atoms with van der Waals surface area (Å²) in [5, 5.41) is 2.63. The highest BCUT2D eigenvalue weighted by molar-refractivity contribution is 5.97. The van der Waals surface area contributed by atoms with Crippen molar-refractivity contribution in [1.29, 1.82) is 0 Å². The van der Waals surface area contributed by atoms with Crippen LogP contribution >= 0.6 is 0 Å². The summed E-state index contributed by atoms with van der Waals surface area (Å²) in [6.07, 6.45) is 1.71. The Morgan fingerprint density at radius 1 is 1.24 bits per heavy atom. The summed E-state index contributed by atoms with van der Waals surface area (Å²) in [6, 6.07) is 2.31. The molecule has 1 heterocycles. The molecule has 1 saturated heterocycles. The molecule has 21 heavy (non-hydrogen) atoms. The Morgan fingerprint density at radius 2 is 1.86 bits per heavy atom. The van der Waals surface area contributed by atoms with Crippen molar-refractivity contribution in [3.63, 3.8) is 0 Å². The van der Waals surface area contributed by atoms with E-state index in [1.165, 1.54) is 11.0 Å². The second-order valence-electron chi connectivity index (χ2n) is 5.68. The molecule has 1 aromatic carbocycles. The highest BCUT2D eigenvalue weighted by Gasteiger charge is 2.47. The van der Waals surface area contributed by atoms with E-state index < -0.39 is 23.7 Å². The molecule has 1 aromatic rings. The van der Waals surface area contributed by atoms with Crippen molar-refractivity contribution in [2.45, 2.75) is 38.4 Å². The molecule has 1 saturated carbocycles. The standard InChI is InChI=1S/C15H16F2N2O2/c1-8-15(21)19(13(9-5-6-9)14(20)18-8)7-10-11(16)3-2-4-12(10)17/h2-4,8-9,13H,5-7H2,1H3,(H,18,20). The lowest BCUT2D eigenvalue weighted by Gasteiger charge is -2.38.